The number of likely N-dealkylation sites (tertiary alicyclic amines) is 1. The number of amidine groups is 1. The summed E-state index contributed by atoms with van der Waals surface area (Å²) in [7, 11) is 1.70. The first-order valence-corrected chi connectivity index (χ1v) is 10.4. The average Bonchev–Trinajstić information content (AvgIpc) is 3.08. The number of urea groups is 1. The first-order chi connectivity index (χ1) is 13.5. The molecule has 4 rings (SSSR count). The van der Waals surface area contributed by atoms with Crippen molar-refractivity contribution in [3.05, 3.63) is 0 Å². The van der Waals surface area contributed by atoms with Crippen LogP contribution in [0.5, 0.6) is 0 Å². The summed E-state index contributed by atoms with van der Waals surface area (Å²) in [4.78, 5) is 35.8. The minimum absolute atomic E-state index is 0.176. The highest BCUT2D eigenvalue weighted by atomic mass is 16.2. The van der Waals surface area contributed by atoms with E-state index in [1.54, 1.807) is 7.05 Å². The van der Waals surface area contributed by atoms with Crippen LogP contribution >= 0.6 is 0 Å². The molecule has 0 aromatic heterocycles. The van der Waals surface area contributed by atoms with Crippen LogP contribution in [-0.2, 0) is 4.79 Å². The molecule has 3 amide bonds. The molecule has 4 aliphatic heterocycles. The zero-order chi connectivity index (χ0) is 19.8. The highest BCUT2D eigenvalue weighted by Gasteiger charge is 2.54. The number of hydrazone groups is 1. The lowest BCUT2D eigenvalue weighted by molar-refractivity contribution is -0.527. The van der Waals surface area contributed by atoms with Crippen LogP contribution in [0.3, 0.4) is 0 Å². The fraction of sp³-hybridized carbons (Fsp3) is 0.737. The predicted octanol–water partition coefficient (Wildman–Crippen LogP) is 0.617. The third-order valence-corrected chi connectivity index (χ3v) is 5.83. The fourth-order valence-electron chi connectivity index (χ4n) is 4.40. The van der Waals surface area contributed by atoms with Gasteiger partial charge in [-0.05, 0) is 39.3 Å². The SMILES string of the molecule is CCCN1C(=O)C2C(=NC3=[N+]2CC(C)=NN3CCN2CCCCC2)N(C)C1=O. The van der Waals surface area contributed by atoms with Gasteiger partial charge in [-0.1, -0.05) is 18.3 Å². The molecule has 9 nitrogen and oxygen atoms in total. The van der Waals surface area contributed by atoms with Crippen molar-refractivity contribution in [3.63, 3.8) is 0 Å². The van der Waals surface area contributed by atoms with Gasteiger partial charge in [0.2, 0.25) is 11.9 Å². The van der Waals surface area contributed by atoms with E-state index < -0.39 is 6.04 Å². The van der Waals surface area contributed by atoms with Gasteiger partial charge in [0, 0.05) is 20.1 Å². The summed E-state index contributed by atoms with van der Waals surface area (Å²) < 4.78 is 2.00. The zero-order valence-electron chi connectivity index (χ0n) is 17.1. The number of amides is 3. The molecule has 2 saturated heterocycles. The maximum atomic E-state index is 13.1. The number of nitrogens with zero attached hydrogens (tertiary/aromatic N) is 7. The lowest BCUT2D eigenvalue weighted by atomic mass is 10.1. The summed E-state index contributed by atoms with van der Waals surface area (Å²) in [6.07, 6.45) is 4.56. The van der Waals surface area contributed by atoms with Crippen molar-refractivity contribution < 1.29 is 14.2 Å². The van der Waals surface area contributed by atoms with Crippen LogP contribution in [0, 0.1) is 0 Å². The van der Waals surface area contributed by atoms with Crippen molar-refractivity contribution in [3.8, 4) is 0 Å². The first-order valence-electron chi connectivity index (χ1n) is 10.4. The van der Waals surface area contributed by atoms with Crippen molar-refractivity contribution in [2.75, 3.05) is 46.3 Å². The largest absolute Gasteiger partial charge is 0.416 e. The highest BCUT2D eigenvalue weighted by molar-refractivity contribution is 6.23. The van der Waals surface area contributed by atoms with Gasteiger partial charge in [-0.3, -0.25) is 14.6 Å². The van der Waals surface area contributed by atoms with Gasteiger partial charge in [0.05, 0.1) is 5.71 Å². The quantitative estimate of drug-likeness (QED) is 0.647. The van der Waals surface area contributed by atoms with Crippen molar-refractivity contribution in [1.29, 1.82) is 0 Å². The number of likely N-dealkylation sites (N-methyl/N-ethyl adjacent to an activating group) is 1. The van der Waals surface area contributed by atoms with Crippen molar-refractivity contribution in [1.82, 2.24) is 19.7 Å². The van der Waals surface area contributed by atoms with Gasteiger partial charge in [0.25, 0.3) is 5.91 Å². The van der Waals surface area contributed by atoms with Crippen LogP contribution in [-0.4, -0.2) is 106 Å². The summed E-state index contributed by atoms with van der Waals surface area (Å²) >= 11 is 0. The summed E-state index contributed by atoms with van der Waals surface area (Å²) in [5.41, 5.74) is 0.952. The number of rotatable bonds is 5. The average molecular weight is 388 g/mol. The number of fused-ring (bicyclic) bond motifs is 2. The molecule has 0 N–H and O–H groups in total. The van der Waals surface area contributed by atoms with E-state index in [4.69, 9.17) is 10.1 Å². The molecule has 4 heterocycles. The molecule has 0 bridgehead atoms. The van der Waals surface area contributed by atoms with E-state index in [0.717, 1.165) is 38.3 Å². The van der Waals surface area contributed by atoms with Crippen LogP contribution < -0.4 is 0 Å². The first kappa shape index (κ1) is 19.0. The number of piperidine rings is 1. The minimum atomic E-state index is -0.535. The Balaban J connectivity index is 1.58. The van der Waals surface area contributed by atoms with E-state index >= 15 is 0 Å². The van der Waals surface area contributed by atoms with E-state index in [2.05, 4.69) is 4.90 Å². The topological polar surface area (TPSA) is 74.8 Å². The molecule has 0 radical (unpaired) electrons. The molecular formula is C19H30N7O2+. The fourth-order valence-corrected chi connectivity index (χ4v) is 4.40. The van der Waals surface area contributed by atoms with Crippen molar-refractivity contribution >= 4 is 29.4 Å². The number of hydrogen-bond acceptors (Lipinski definition) is 6. The molecule has 1 atom stereocenters. The Bertz CT molecular complexity index is 766. The monoisotopic (exact) mass is 388 g/mol. The molecule has 28 heavy (non-hydrogen) atoms. The molecular weight excluding hydrogens is 358 g/mol. The normalized spacial score (nSPS) is 25.8. The van der Waals surface area contributed by atoms with Gasteiger partial charge in [-0.2, -0.15) is 0 Å². The lowest BCUT2D eigenvalue weighted by Crippen LogP contribution is -2.63. The Kier molecular flexibility index (Phi) is 5.18. The van der Waals surface area contributed by atoms with E-state index in [9.17, 15) is 9.59 Å². The van der Waals surface area contributed by atoms with E-state index in [1.807, 2.05) is 23.4 Å². The lowest BCUT2D eigenvalue weighted by Gasteiger charge is -2.34. The minimum Gasteiger partial charge on any atom is -0.300 e. The summed E-state index contributed by atoms with van der Waals surface area (Å²) in [5.74, 6) is 1.03. The Morgan fingerprint density at radius 1 is 1.11 bits per heavy atom. The summed E-state index contributed by atoms with van der Waals surface area (Å²) in [5, 5.41) is 6.61. The number of aliphatic imine (C=N–C) groups is 1. The number of guanidine groups is 1. The highest BCUT2D eigenvalue weighted by Crippen LogP contribution is 2.23. The molecule has 4 aliphatic rings. The Morgan fingerprint density at radius 2 is 1.86 bits per heavy atom. The molecule has 0 aliphatic carbocycles. The smallest absolute Gasteiger partial charge is 0.300 e. The molecule has 152 valence electrons. The third kappa shape index (κ3) is 3.21. The maximum absolute atomic E-state index is 13.1. The molecule has 0 aromatic rings. The second-order valence-electron chi connectivity index (χ2n) is 7.99. The van der Waals surface area contributed by atoms with Crippen LogP contribution in [0.15, 0.2) is 10.1 Å². The van der Waals surface area contributed by atoms with Gasteiger partial charge in [-0.25, -0.2) is 9.37 Å². The Labute approximate surface area is 166 Å². The van der Waals surface area contributed by atoms with E-state index in [0.29, 0.717) is 24.9 Å². The Hall–Kier alpha value is -2.29. The van der Waals surface area contributed by atoms with Crippen LogP contribution in [0.4, 0.5) is 4.79 Å². The number of carbonyl (C=O) groups is 2. The van der Waals surface area contributed by atoms with Crippen molar-refractivity contribution in [2.24, 2.45) is 10.1 Å². The molecule has 9 heteroatoms. The summed E-state index contributed by atoms with van der Waals surface area (Å²) in [6.45, 7) is 8.86. The third-order valence-electron chi connectivity index (χ3n) is 5.83. The standard InChI is InChI=1S/C19H30N7O2/c1-4-8-24-17(27)15-16(22(3)19(24)28)20-18-25(15)13-14(2)21-26(18)12-11-23-9-6-5-7-10-23/h15H,4-13H2,1-3H3/q+1. The van der Waals surface area contributed by atoms with Gasteiger partial charge in [-0.15, -0.1) is 10.1 Å². The van der Waals surface area contributed by atoms with Gasteiger partial charge < -0.3 is 4.90 Å². The predicted molar refractivity (Wildman–Crippen MR) is 107 cm³/mol. The second kappa shape index (κ2) is 7.62. The molecule has 0 saturated carbocycles. The zero-order valence-corrected chi connectivity index (χ0v) is 17.1. The second-order valence-corrected chi connectivity index (χ2v) is 7.99. The van der Waals surface area contributed by atoms with Crippen LogP contribution in [0.25, 0.3) is 0 Å². The molecule has 0 aromatic carbocycles. The Morgan fingerprint density at radius 3 is 2.57 bits per heavy atom. The van der Waals surface area contributed by atoms with E-state index in [-0.39, 0.29) is 11.9 Å². The van der Waals surface area contributed by atoms with E-state index in [1.165, 1.54) is 29.1 Å². The molecule has 2 fully saturated rings. The number of hydrogen-bond donors (Lipinski definition) is 0. The van der Waals surface area contributed by atoms with Crippen LogP contribution in [0.2, 0.25) is 0 Å². The number of carbonyl (C=O) groups excluding carboxylic acids is 2. The van der Waals surface area contributed by atoms with Crippen LogP contribution in [0.1, 0.15) is 39.5 Å². The van der Waals surface area contributed by atoms with Gasteiger partial charge in [0.15, 0.2) is 0 Å². The van der Waals surface area contributed by atoms with Gasteiger partial charge in [0.1, 0.15) is 13.1 Å². The maximum Gasteiger partial charge on any atom is 0.416 e. The number of imide groups is 1. The summed E-state index contributed by atoms with van der Waals surface area (Å²) in [6, 6.07) is -0.827. The molecule has 1 unspecified atom stereocenters. The van der Waals surface area contributed by atoms with Gasteiger partial charge >= 0.3 is 12.0 Å². The van der Waals surface area contributed by atoms with Crippen molar-refractivity contribution in [2.45, 2.75) is 45.6 Å². The molecule has 0 spiro atoms.